The summed E-state index contributed by atoms with van der Waals surface area (Å²) in [5.74, 6) is -3.33. The van der Waals surface area contributed by atoms with Gasteiger partial charge in [-0.15, -0.1) is 0 Å². The summed E-state index contributed by atoms with van der Waals surface area (Å²) in [6, 6.07) is 8.05. The SMILES string of the molecule is COc1cc(-c2cnc(O[C@H]3C[C@@H](C(=O)O)N(c4nc(C(F)(F)F)nc5c4oc4ccccc45)C3)c(N3CCOC4(COC4)[C@@H]3C)c2)c(F)cn1. The first-order valence-corrected chi connectivity index (χ1v) is 16.1. The van der Waals surface area contributed by atoms with E-state index in [-0.39, 0.29) is 58.8 Å². The van der Waals surface area contributed by atoms with Crippen LogP contribution in [-0.2, 0) is 20.4 Å². The van der Waals surface area contributed by atoms with E-state index in [2.05, 4.69) is 19.9 Å². The predicted molar refractivity (Wildman–Crippen MR) is 172 cm³/mol. The lowest BCUT2D eigenvalue weighted by Crippen LogP contribution is -2.68. The van der Waals surface area contributed by atoms with E-state index in [4.69, 9.17) is 23.4 Å². The number of ether oxygens (including phenoxy) is 4. The molecule has 17 heteroatoms. The van der Waals surface area contributed by atoms with Crippen molar-refractivity contribution in [2.24, 2.45) is 0 Å². The maximum Gasteiger partial charge on any atom is 0.451 e. The van der Waals surface area contributed by atoms with E-state index in [9.17, 15) is 23.1 Å². The number of rotatable bonds is 7. The highest BCUT2D eigenvalue weighted by molar-refractivity contribution is 6.06. The largest absolute Gasteiger partial charge is 0.481 e. The molecule has 51 heavy (non-hydrogen) atoms. The second-order valence-electron chi connectivity index (χ2n) is 12.7. The van der Waals surface area contributed by atoms with E-state index in [0.29, 0.717) is 43.0 Å². The predicted octanol–water partition coefficient (Wildman–Crippen LogP) is 5.10. The number of aromatic nitrogens is 4. The van der Waals surface area contributed by atoms with Crippen molar-refractivity contribution in [2.75, 3.05) is 49.8 Å². The summed E-state index contributed by atoms with van der Waals surface area (Å²) in [5.41, 5.74) is 0.578. The van der Waals surface area contributed by atoms with Crippen LogP contribution < -0.4 is 19.3 Å². The average Bonchev–Trinajstić information content (AvgIpc) is 3.69. The topological polar surface area (TPSA) is 145 Å². The van der Waals surface area contributed by atoms with Gasteiger partial charge in [0, 0.05) is 41.7 Å². The molecular weight excluding hydrogens is 680 g/mol. The smallest absolute Gasteiger partial charge is 0.451 e. The minimum absolute atomic E-state index is 0.0794. The summed E-state index contributed by atoms with van der Waals surface area (Å²) >= 11 is 0. The number of hydrogen-bond donors (Lipinski definition) is 1. The number of methoxy groups -OCH3 is 1. The first-order valence-electron chi connectivity index (χ1n) is 16.1. The number of carboxylic acids is 1. The lowest BCUT2D eigenvalue weighted by molar-refractivity contribution is -0.228. The molecule has 3 fully saturated rings. The second-order valence-corrected chi connectivity index (χ2v) is 12.7. The van der Waals surface area contributed by atoms with Crippen molar-refractivity contribution in [3.05, 3.63) is 60.4 Å². The third-order valence-corrected chi connectivity index (χ3v) is 9.69. The molecule has 1 spiro atoms. The van der Waals surface area contributed by atoms with Gasteiger partial charge in [0.05, 0.1) is 45.7 Å². The molecule has 3 aliphatic heterocycles. The number of pyridine rings is 2. The highest BCUT2D eigenvalue weighted by Gasteiger charge is 2.50. The molecule has 266 valence electrons. The molecule has 1 N–H and O–H groups in total. The molecule has 0 saturated carbocycles. The number of fused-ring (bicyclic) bond motifs is 3. The summed E-state index contributed by atoms with van der Waals surface area (Å²) < 4.78 is 86.5. The quantitative estimate of drug-likeness (QED) is 0.224. The van der Waals surface area contributed by atoms with Gasteiger partial charge in [0.1, 0.15) is 40.4 Å². The zero-order valence-corrected chi connectivity index (χ0v) is 27.2. The number of anilines is 2. The number of carboxylic acid groups (broad SMARTS) is 1. The van der Waals surface area contributed by atoms with Gasteiger partial charge in [0.15, 0.2) is 11.4 Å². The minimum Gasteiger partial charge on any atom is -0.481 e. The Labute approximate surface area is 286 Å². The highest BCUT2D eigenvalue weighted by atomic mass is 19.4. The van der Waals surface area contributed by atoms with Crippen LogP contribution in [0.3, 0.4) is 0 Å². The van der Waals surface area contributed by atoms with Crippen LogP contribution in [0.2, 0.25) is 0 Å². The average molecular weight is 711 g/mol. The number of nitrogens with zero attached hydrogens (tertiary/aromatic N) is 6. The lowest BCUT2D eigenvalue weighted by Gasteiger charge is -2.53. The van der Waals surface area contributed by atoms with Crippen molar-refractivity contribution >= 4 is 39.5 Å². The molecule has 5 aromatic rings. The fourth-order valence-electron chi connectivity index (χ4n) is 6.95. The van der Waals surface area contributed by atoms with Crippen LogP contribution >= 0.6 is 0 Å². The normalized spacial score (nSPS) is 21.7. The fourth-order valence-corrected chi connectivity index (χ4v) is 6.95. The monoisotopic (exact) mass is 710 g/mol. The van der Waals surface area contributed by atoms with Crippen LogP contribution in [0.5, 0.6) is 11.8 Å². The molecule has 13 nitrogen and oxygen atoms in total. The molecule has 0 aliphatic carbocycles. The van der Waals surface area contributed by atoms with Crippen LogP contribution in [0.15, 0.2) is 53.2 Å². The number of carbonyl (C=O) groups is 1. The Kier molecular flexibility index (Phi) is 7.86. The Morgan fingerprint density at radius 2 is 1.90 bits per heavy atom. The molecular formula is C34H30F4N6O7. The molecule has 0 bridgehead atoms. The van der Waals surface area contributed by atoms with Gasteiger partial charge in [-0.3, -0.25) is 0 Å². The van der Waals surface area contributed by atoms with Gasteiger partial charge in [-0.2, -0.15) is 13.2 Å². The first kappa shape index (κ1) is 32.9. The molecule has 7 heterocycles. The zero-order valence-electron chi connectivity index (χ0n) is 27.2. The summed E-state index contributed by atoms with van der Waals surface area (Å²) in [6.45, 7) is 3.32. The number of morpholine rings is 1. The van der Waals surface area contributed by atoms with E-state index in [1.807, 2.05) is 11.8 Å². The molecule has 8 rings (SSSR count). The third kappa shape index (κ3) is 5.60. The van der Waals surface area contributed by atoms with E-state index in [0.717, 1.165) is 6.20 Å². The van der Waals surface area contributed by atoms with E-state index in [1.165, 1.54) is 24.3 Å². The molecule has 3 saturated heterocycles. The van der Waals surface area contributed by atoms with E-state index in [1.54, 1.807) is 30.3 Å². The number of aliphatic carboxylic acids is 1. The number of furan rings is 1. The van der Waals surface area contributed by atoms with Crippen molar-refractivity contribution in [3.8, 4) is 22.9 Å². The maximum atomic E-state index is 15.1. The van der Waals surface area contributed by atoms with Gasteiger partial charge in [0.2, 0.25) is 17.6 Å². The molecule has 4 aromatic heterocycles. The summed E-state index contributed by atoms with van der Waals surface area (Å²) in [4.78, 5) is 32.0. The Morgan fingerprint density at radius 1 is 1.10 bits per heavy atom. The van der Waals surface area contributed by atoms with Crippen LogP contribution in [0.4, 0.5) is 29.1 Å². The standard InChI is InChI=1S/C34H30F4N6O7/c1-17-33(15-48-16-33)49-8-7-43(17)23-9-18(21-11-26(47-2)39-13-22(21)35)12-40-30(23)50-19-10-24(31(45)46)44(14-19)29-28-27(41-32(42-29)34(36,37)38)20-5-3-4-6-25(20)51-28/h3-6,9,11-13,17,19,24H,7-8,10,14-16H2,1-2H3,(H,45,46)/t17-,19-,24-/m0/s1. The molecule has 1 aromatic carbocycles. The zero-order chi connectivity index (χ0) is 35.7. The Morgan fingerprint density at radius 3 is 2.63 bits per heavy atom. The maximum absolute atomic E-state index is 15.1. The van der Waals surface area contributed by atoms with E-state index >= 15 is 4.39 Å². The second kappa shape index (κ2) is 12.2. The van der Waals surface area contributed by atoms with Crippen molar-refractivity contribution in [1.82, 2.24) is 19.9 Å². The van der Waals surface area contributed by atoms with E-state index < -0.39 is 41.5 Å². The first-order chi connectivity index (χ1) is 24.5. The Bertz CT molecular complexity index is 2160. The van der Waals surface area contributed by atoms with Crippen LogP contribution in [-0.4, -0.2) is 94.8 Å². The van der Waals surface area contributed by atoms with Gasteiger partial charge in [-0.1, -0.05) is 12.1 Å². The van der Waals surface area contributed by atoms with Gasteiger partial charge in [-0.25, -0.2) is 29.1 Å². The highest BCUT2D eigenvalue weighted by Crippen LogP contribution is 2.43. The van der Waals surface area contributed by atoms with Gasteiger partial charge < -0.3 is 38.3 Å². The van der Waals surface area contributed by atoms with Crippen molar-refractivity contribution in [1.29, 1.82) is 0 Å². The van der Waals surface area contributed by atoms with Crippen molar-refractivity contribution in [2.45, 2.75) is 43.3 Å². The number of para-hydroxylation sites is 1. The molecule has 0 amide bonds. The third-order valence-electron chi connectivity index (χ3n) is 9.69. The summed E-state index contributed by atoms with van der Waals surface area (Å²) in [7, 11) is 1.42. The van der Waals surface area contributed by atoms with Crippen LogP contribution in [0, 0.1) is 5.82 Å². The number of alkyl halides is 3. The number of benzene rings is 1. The van der Waals surface area contributed by atoms with Crippen LogP contribution in [0.1, 0.15) is 19.2 Å². The van der Waals surface area contributed by atoms with Gasteiger partial charge in [-0.05, 0) is 25.1 Å². The lowest BCUT2D eigenvalue weighted by atomic mass is 9.90. The molecule has 3 aliphatic rings. The van der Waals surface area contributed by atoms with Gasteiger partial charge >= 0.3 is 12.1 Å². The summed E-state index contributed by atoms with van der Waals surface area (Å²) in [5, 5.41) is 10.6. The number of hydrogen-bond acceptors (Lipinski definition) is 12. The van der Waals surface area contributed by atoms with Crippen molar-refractivity contribution in [3.63, 3.8) is 0 Å². The molecule has 0 radical (unpaired) electrons. The Hall–Kier alpha value is -5.29. The van der Waals surface area contributed by atoms with Crippen molar-refractivity contribution < 1.29 is 50.8 Å². The fraction of sp³-hybridized carbons (Fsp3) is 0.382. The molecule has 0 unspecified atom stereocenters. The van der Waals surface area contributed by atoms with Gasteiger partial charge in [0.25, 0.3) is 0 Å². The Balaban J connectivity index is 1.19. The molecule has 3 atom stereocenters. The minimum atomic E-state index is -4.92. The number of halogens is 4. The summed E-state index contributed by atoms with van der Waals surface area (Å²) in [6.07, 6.45) is -3.46. The van der Waals surface area contributed by atoms with Crippen LogP contribution in [0.25, 0.3) is 33.2 Å².